The highest BCUT2D eigenvalue weighted by Gasteiger charge is 2.37. The first-order valence-electron chi connectivity index (χ1n) is 10.3. The maximum Gasteiger partial charge on any atom is 0.255 e. The third kappa shape index (κ3) is 4.80. The van der Waals surface area contributed by atoms with Crippen molar-refractivity contribution in [2.75, 3.05) is 12.3 Å². The maximum atomic E-state index is 12.8. The molecule has 2 amide bonds. The molecule has 172 valence electrons. The predicted molar refractivity (Wildman–Crippen MR) is 122 cm³/mol. The summed E-state index contributed by atoms with van der Waals surface area (Å²) in [6.07, 6.45) is 3.17. The SMILES string of the molecule is C[C@@H](NC(=O)[C@H](O)[C@@H](O)C(=O)N1CC=C[C@@H]1c1csc(N)n1)c1ccc(-n2cccn2)cc1. The number of carbonyl (C=O) groups is 2. The lowest BCUT2D eigenvalue weighted by Crippen LogP contribution is -2.51. The van der Waals surface area contributed by atoms with E-state index in [0.717, 1.165) is 11.3 Å². The van der Waals surface area contributed by atoms with Crippen molar-refractivity contribution in [3.05, 3.63) is 71.5 Å². The lowest BCUT2D eigenvalue weighted by Gasteiger charge is -2.28. The highest BCUT2D eigenvalue weighted by molar-refractivity contribution is 7.13. The Morgan fingerprint density at radius 1 is 1.24 bits per heavy atom. The lowest BCUT2D eigenvalue weighted by atomic mass is 10.1. The normalized spacial score (nSPS) is 18.2. The summed E-state index contributed by atoms with van der Waals surface area (Å²) in [6, 6.07) is 8.21. The predicted octanol–water partition coefficient (Wildman–Crippen LogP) is 0.950. The quantitative estimate of drug-likeness (QED) is 0.378. The van der Waals surface area contributed by atoms with Crippen molar-refractivity contribution in [2.24, 2.45) is 0 Å². The molecule has 0 unspecified atom stereocenters. The number of nitrogens with two attached hydrogens (primary N) is 1. The van der Waals surface area contributed by atoms with Gasteiger partial charge in [0.2, 0.25) is 0 Å². The van der Waals surface area contributed by atoms with Crippen LogP contribution in [0.4, 0.5) is 5.13 Å². The molecule has 1 aromatic carbocycles. The number of aliphatic hydroxyl groups is 2. The molecule has 0 bridgehead atoms. The Balaban J connectivity index is 1.37. The summed E-state index contributed by atoms with van der Waals surface area (Å²) in [4.78, 5) is 30.9. The molecule has 3 aromatic rings. The van der Waals surface area contributed by atoms with E-state index in [4.69, 9.17) is 5.73 Å². The Kier molecular flexibility index (Phi) is 6.54. The zero-order chi connectivity index (χ0) is 23.5. The van der Waals surface area contributed by atoms with Crippen LogP contribution < -0.4 is 11.1 Å². The minimum absolute atomic E-state index is 0.228. The van der Waals surface area contributed by atoms with Gasteiger partial charge in [0.05, 0.1) is 23.5 Å². The average molecular weight is 469 g/mol. The van der Waals surface area contributed by atoms with Crippen LogP contribution in [0.3, 0.4) is 0 Å². The molecule has 11 heteroatoms. The molecular weight excluding hydrogens is 444 g/mol. The van der Waals surface area contributed by atoms with E-state index in [1.807, 2.05) is 36.5 Å². The van der Waals surface area contributed by atoms with Crippen LogP contribution in [0.1, 0.15) is 30.3 Å². The zero-order valence-electron chi connectivity index (χ0n) is 17.8. The Labute approximate surface area is 194 Å². The van der Waals surface area contributed by atoms with E-state index in [1.54, 1.807) is 35.3 Å². The largest absolute Gasteiger partial charge is 0.380 e. The number of nitrogen functional groups attached to an aromatic ring is 1. The van der Waals surface area contributed by atoms with Gasteiger partial charge in [-0.05, 0) is 30.7 Å². The first-order chi connectivity index (χ1) is 15.8. The lowest BCUT2D eigenvalue weighted by molar-refractivity contribution is -0.153. The van der Waals surface area contributed by atoms with Gasteiger partial charge in [-0.1, -0.05) is 24.3 Å². The Bertz CT molecular complexity index is 1140. The number of thiazole rings is 1. The Hall–Kier alpha value is -3.54. The minimum Gasteiger partial charge on any atom is -0.380 e. The van der Waals surface area contributed by atoms with Gasteiger partial charge in [0.15, 0.2) is 17.3 Å². The number of benzene rings is 1. The molecule has 0 spiro atoms. The topological polar surface area (TPSA) is 147 Å². The summed E-state index contributed by atoms with van der Waals surface area (Å²) in [5.74, 6) is -1.61. The number of hydrogen-bond donors (Lipinski definition) is 4. The number of nitrogens with zero attached hydrogens (tertiary/aromatic N) is 4. The van der Waals surface area contributed by atoms with Crippen molar-refractivity contribution in [1.82, 2.24) is 25.0 Å². The molecule has 0 radical (unpaired) electrons. The summed E-state index contributed by atoms with van der Waals surface area (Å²) in [7, 11) is 0. The third-order valence-electron chi connectivity index (χ3n) is 5.42. The second kappa shape index (κ2) is 9.53. The zero-order valence-corrected chi connectivity index (χ0v) is 18.6. The van der Waals surface area contributed by atoms with Gasteiger partial charge < -0.3 is 26.2 Å². The van der Waals surface area contributed by atoms with Gasteiger partial charge in [0, 0.05) is 24.3 Å². The van der Waals surface area contributed by atoms with E-state index >= 15 is 0 Å². The van der Waals surface area contributed by atoms with Gasteiger partial charge in [0.25, 0.3) is 11.8 Å². The Morgan fingerprint density at radius 2 is 2.00 bits per heavy atom. The number of hydrogen-bond acceptors (Lipinski definition) is 8. The number of nitrogens with one attached hydrogen (secondary N) is 1. The number of rotatable bonds is 7. The molecule has 4 rings (SSSR count). The van der Waals surface area contributed by atoms with E-state index in [-0.39, 0.29) is 6.54 Å². The van der Waals surface area contributed by atoms with Crippen LogP contribution in [0.5, 0.6) is 0 Å². The second-order valence-electron chi connectivity index (χ2n) is 7.64. The fourth-order valence-corrected chi connectivity index (χ4v) is 4.20. The second-order valence-corrected chi connectivity index (χ2v) is 8.53. The first kappa shape index (κ1) is 22.6. The number of anilines is 1. The van der Waals surface area contributed by atoms with E-state index in [0.29, 0.717) is 10.8 Å². The van der Waals surface area contributed by atoms with Crippen molar-refractivity contribution < 1.29 is 19.8 Å². The van der Waals surface area contributed by atoms with Crippen molar-refractivity contribution in [2.45, 2.75) is 31.2 Å². The molecule has 10 nitrogen and oxygen atoms in total. The number of aliphatic hydroxyl groups excluding tert-OH is 2. The standard InChI is InChI=1S/C22H24N6O4S/c1-13(14-5-7-15(8-6-14)28-11-3-9-24-28)25-20(31)18(29)19(30)21(32)27-10-2-4-17(27)16-12-33-22(23)26-16/h2-9,11-13,17-19,29-30H,10H2,1H3,(H2,23,26)(H,25,31)/t13-,17-,18-,19-/m1/s1. The molecule has 5 N–H and O–H groups in total. The molecule has 0 fully saturated rings. The van der Waals surface area contributed by atoms with E-state index < -0.39 is 36.1 Å². The number of carbonyl (C=O) groups excluding carboxylic acids is 2. The molecule has 0 saturated carbocycles. The maximum absolute atomic E-state index is 12.8. The van der Waals surface area contributed by atoms with Crippen LogP contribution in [-0.2, 0) is 9.59 Å². The van der Waals surface area contributed by atoms with Crippen LogP contribution in [-0.4, -0.2) is 60.4 Å². The molecule has 0 saturated heterocycles. The van der Waals surface area contributed by atoms with Crippen LogP contribution in [0.2, 0.25) is 0 Å². The van der Waals surface area contributed by atoms with E-state index in [2.05, 4.69) is 15.4 Å². The summed E-state index contributed by atoms with van der Waals surface area (Å²) in [5, 5.41) is 29.7. The molecule has 2 aromatic heterocycles. The van der Waals surface area contributed by atoms with E-state index in [1.165, 1.54) is 16.2 Å². The van der Waals surface area contributed by atoms with Gasteiger partial charge >= 0.3 is 0 Å². The smallest absolute Gasteiger partial charge is 0.255 e. The average Bonchev–Trinajstić information content (AvgIpc) is 3.59. The molecule has 0 aliphatic carbocycles. The number of amides is 2. The van der Waals surface area contributed by atoms with Crippen molar-refractivity contribution in [3.63, 3.8) is 0 Å². The first-order valence-corrected chi connectivity index (χ1v) is 11.2. The van der Waals surface area contributed by atoms with Crippen LogP contribution in [0, 0.1) is 0 Å². The minimum atomic E-state index is -1.93. The fourth-order valence-electron chi connectivity index (χ4n) is 3.61. The Morgan fingerprint density at radius 3 is 2.64 bits per heavy atom. The molecule has 3 heterocycles. The monoisotopic (exact) mass is 468 g/mol. The summed E-state index contributed by atoms with van der Waals surface area (Å²) in [5.41, 5.74) is 7.89. The number of aromatic nitrogens is 3. The van der Waals surface area contributed by atoms with Crippen LogP contribution in [0.15, 0.2) is 60.3 Å². The molecule has 33 heavy (non-hydrogen) atoms. The summed E-state index contributed by atoms with van der Waals surface area (Å²) in [6.45, 7) is 1.97. The molecule has 1 aliphatic rings. The summed E-state index contributed by atoms with van der Waals surface area (Å²) >= 11 is 1.24. The van der Waals surface area contributed by atoms with E-state index in [9.17, 15) is 19.8 Å². The van der Waals surface area contributed by atoms with Crippen molar-refractivity contribution in [1.29, 1.82) is 0 Å². The van der Waals surface area contributed by atoms with Gasteiger partial charge in [0.1, 0.15) is 0 Å². The third-order valence-corrected chi connectivity index (χ3v) is 6.12. The summed E-state index contributed by atoms with van der Waals surface area (Å²) < 4.78 is 1.71. The van der Waals surface area contributed by atoms with Gasteiger partial charge in [-0.3, -0.25) is 9.59 Å². The van der Waals surface area contributed by atoms with Crippen LogP contribution in [0.25, 0.3) is 5.69 Å². The highest BCUT2D eigenvalue weighted by Crippen LogP contribution is 2.29. The molecule has 4 atom stereocenters. The van der Waals surface area contributed by atoms with Crippen LogP contribution >= 0.6 is 11.3 Å². The van der Waals surface area contributed by atoms with Gasteiger partial charge in [-0.25, -0.2) is 9.67 Å². The molecular formula is C22H24N6O4S. The fraction of sp³-hybridized carbons (Fsp3) is 0.273. The van der Waals surface area contributed by atoms with Gasteiger partial charge in [-0.2, -0.15) is 5.10 Å². The molecule has 1 aliphatic heterocycles. The van der Waals surface area contributed by atoms with Gasteiger partial charge in [-0.15, -0.1) is 11.3 Å². The highest BCUT2D eigenvalue weighted by atomic mass is 32.1. The van der Waals surface area contributed by atoms with Crippen molar-refractivity contribution >= 4 is 28.3 Å². The van der Waals surface area contributed by atoms with Crippen molar-refractivity contribution in [3.8, 4) is 5.69 Å².